The van der Waals surface area contributed by atoms with Gasteiger partial charge in [-0.1, -0.05) is 13.5 Å². The molecule has 0 saturated carbocycles. The smallest absolute Gasteiger partial charge is 0.339 e. The van der Waals surface area contributed by atoms with Crippen molar-refractivity contribution in [3.8, 4) is 0 Å². The molecule has 0 heterocycles. The zero-order chi connectivity index (χ0) is 9.56. The topological polar surface area (TPSA) is 43.4 Å². The van der Waals surface area contributed by atoms with Crippen molar-refractivity contribution >= 4 is 22.3 Å². The van der Waals surface area contributed by atoms with Crippen molar-refractivity contribution in [2.75, 3.05) is 0 Å². The number of rotatable bonds is 3. The van der Waals surface area contributed by atoms with Gasteiger partial charge in [0.2, 0.25) is 0 Å². The molecule has 0 spiro atoms. The standard InChI is InChI=1S/C8H12O3S/c1-4-5-7(12-10)11-8(9)6(2)3/h2,4-5H2,1,3H3. The van der Waals surface area contributed by atoms with Crippen LogP contribution in [0, 0.1) is 0 Å². The summed E-state index contributed by atoms with van der Waals surface area (Å²) in [6.45, 7) is 6.85. The molecule has 68 valence electrons. The van der Waals surface area contributed by atoms with Crippen LogP contribution in [-0.4, -0.2) is 15.2 Å². The second-order valence-electron chi connectivity index (χ2n) is 2.38. The Bertz CT molecular complexity index is 239. The van der Waals surface area contributed by atoms with Crippen LogP contribution in [0.1, 0.15) is 26.7 Å². The van der Waals surface area contributed by atoms with Gasteiger partial charge < -0.3 is 4.74 Å². The SMILES string of the molecule is C=C(C)C(=O)OC(CCC)=S=O. The second-order valence-corrected chi connectivity index (χ2v) is 3.00. The fraction of sp³-hybridized carbons (Fsp3) is 0.500. The summed E-state index contributed by atoms with van der Waals surface area (Å²) in [6.07, 6.45) is 1.29. The van der Waals surface area contributed by atoms with Crippen LogP contribution in [0.3, 0.4) is 0 Å². The van der Waals surface area contributed by atoms with E-state index in [0.717, 1.165) is 6.42 Å². The predicted octanol–water partition coefficient (Wildman–Crippen LogP) is 1.25. The first-order valence-corrected chi connectivity index (χ1v) is 4.39. The van der Waals surface area contributed by atoms with Gasteiger partial charge in [-0.3, -0.25) is 0 Å². The minimum Gasteiger partial charge on any atom is -0.413 e. The largest absolute Gasteiger partial charge is 0.413 e. The third kappa shape index (κ3) is 4.08. The normalized spacial score (nSPS) is 8.83. The van der Waals surface area contributed by atoms with Crippen LogP contribution in [0.2, 0.25) is 0 Å². The molecule has 0 saturated heterocycles. The quantitative estimate of drug-likeness (QED) is 0.380. The minimum atomic E-state index is -0.526. The number of hydrogen-bond acceptors (Lipinski definition) is 3. The van der Waals surface area contributed by atoms with Crippen LogP contribution in [0.25, 0.3) is 0 Å². The molecular weight excluding hydrogens is 176 g/mol. The summed E-state index contributed by atoms with van der Waals surface area (Å²) in [5, 5.41) is 0.213. The van der Waals surface area contributed by atoms with E-state index in [1.165, 1.54) is 0 Å². The van der Waals surface area contributed by atoms with Gasteiger partial charge in [0.1, 0.15) is 11.3 Å². The van der Waals surface area contributed by atoms with Gasteiger partial charge in [-0.25, -0.2) is 9.00 Å². The molecule has 0 aliphatic heterocycles. The average molecular weight is 188 g/mol. The lowest BCUT2D eigenvalue weighted by Gasteiger charge is -2.02. The Kier molecular flexibility index (Phi) is 5.28. The lowest BCUT2D eigenvalue weighted by atomic mass is 10.3. The molecule has 0 N–H and O–H groups in total. The lowest BCUT2D eigenvalue weighted by Crippen LogP contribution is -2.12. The average Bonchev–Trinajstić information content (AvgIpc) is 2.03. The van der Waals surface area contributed by atoms with Gasteiger partial charge >= 0.3 is 5.97 Å². The zero-order valence-corrected chi connectivity index (χ0v) is 8.07. The van der Waals surface area contributed by atoms with E-state index in [9.17, 15) is 9.00 Å². The molecule has 0 aromatic carbocycles. The van der Waals surface area contributed by atoms with Gasteiger partial charge in [-0.15, -0.1) is 0 Å². The fourth-order valence-corrected chi connectivity index (χ4v) is 0.902. The monoisotopic (exact) mass is 188 g/mol. The van der Waals surface area contributed by atoms with Crippen LogP contribution in [0.5, 0.6) is 0 Å². The van der Waals surface area contributed by atoms with Crippen molar-refractivity contribution in [2.24, 2.45) is 0 Å². The summed E-state index contributed by atoms with van der Waals surface area (Å²) in [4.78, 5) is 10.9. The summed E-state index contributed by atoms with van der Waals surface area (Å²) < 4.78 is 15.1. The Morgan fingerprint density at radius 2 is 2.17 bits per heavy atom. The van der Waals surface area contributed by atoms with Crippen molar-refractivity contribution in [1.29, 1.82) is 0 Å². The Morgan fingerprint density at radius 3 is 2.50 bits per heavy atom. The van der Waals surface area contributed by atoms with E-state index in [0.29, 0.717) is 12.0 Å². The van der Waals surface area contributed by atoms with Gasteiger partial charge in [-0.05, 0) is 13.3 Å². The number of hydrogen-bond donors (Lipinski definition) is 0. The molecule has 0 fully saturated rings. The highest BCUT2D eigenvalue weighted by Gasteiger charge is 2.07. The van der Waals surface area contributed by atoms with Crippen molar-refractivity contribution in [3.63, 3.8) is 0 Å². The van der Waals surface area contributed by atoms with Crippen LogP contribution >= 0.6 is 0 Å². The van der Waals surface area contributed by atoms with Gasteiger partial charge in [0.15, 0.2) is 5.05 Å². The minimum absolute atomic E-state index is 0.213. The summed E-state index contributed by atoms with van der Waals surface area (Å²) in [5.74, 6) is -0.526. The van der Waals surface area contributed by atoms with Crippen molar-refractivity contribution in [3.05, 3.63) is 12.2 Å². The van der Waals surface area contributed by atoms with E-state index >= 15 is 0 Å². The third-order valence-corrected chi connectivity index (χ3v) is 1.58. The molecule has 0 aliphatic rings. The molecule has 0 radical (unpaired) electrons. The van der Waals surface area contributed by atoms with Gasteiger partial charge in [0.25, 0.3) is 0 Å². The van der Waals surface area contributed by atoms with E-state index in [1.54, 1.807) is 6.92 Å². The first kappa shape index (κ1) is 11.1. The molecule has 3 nitrogen and oxygen atoms in total. The maximum absolute atomic E-state index is 10.9. The fourth-order valence-electron chi connectivity index (χ4n) is 0.504. The highest BCUT2D eigenvalue weighted by Crippen LogP contribution is 1.97. The molecule has 12 heavy (non-hydrogen) atoms. The van der Waals surface area contributed by atoms with E-state index in [1.807, 2.05) is 6.92 Å². The lowest BCUT2D eigenvalue weighted by molar-refractivity contribution is -0.131. The summed E-state index contributed by atoms with van der Waals surface area (Å²) in [6, 6.07) is 0. The third-order valence-electron chi connectivity index (χ3n) is 1.10. The highest BCUT2D eigenvalue weighted by molar-refractivity contribution is 7.66. The molecule has 4 heteroatoms. The molecule has 0 aromatic heterocycles. The first-order valence-electron chi connectivity index (χ1n) is 3.65. The van der Waals surface area contributed by atoms with Crippen LogP contribution in [-0.2, 0) is 20.8 Å². The number of carbonyl (C=O) groups excluding carboxylic acids is 1. The van der Waals surface area contributed by atoms with E-state index < -0.39 is 5.97 Å². The maximum atomic E-state index is 10.9. The highest BCUT2D eigenvalue weighted by atomic mass is 32.1. The summed E-state index contributed by atoms with van der Waals surface area (Å²) in [7, 11) is 0. The Hall–Kier alpha value is -0.900. The maximum Gasteiger partial charge on any atom is 0.339 e. The molecule has 0 atom stereocenters. The number of ether oxygens (including phenoxy) is 1. The Labute approximate surface area is 75.5 Å². The number of esters is 1. The van der Waals surface area contributed by atoms with Crippen molar-refractivity contribution < 1.29 is 13.7 Å². The van der Waals surface area contributed by atoms with Crippen molar-refractivity contribution in [2.45, 2.75) is 26.7 Å². The molecule has 0 bridgehead atoms. The van der Waals surface area contributed by atoms with Gasteiger partial charge in [0, 0.05) is 12.0 Å². The van der Waals surface area contributed by atoms with Crippen LogP contribution < -0.4 is 0 Å². The molecular formula is C8H12O3S. The van der Waals surface area contributed by atoms with E-state index in [2.05, 4.69) is 6.58 Å². The van der Waals surface area contributed by atoms with E-state index in [-0.39, 0.29) is 16.3 Å². The second kappa shape index (κ2) is 5.71. The Morgan fingerprint density at radius 1 is 1.58 bits per heavy atom. The summed E-state index contributed by atoms with van der Waals surface area (Å²) in [5.41, 5.74) is 0.303. The van der Waals surface area contributed by atoms with E-state index in [4.69, 9.17) is 4.74 Å². The van der Waals surface area contributed by atoms with Gasteiger partial charge in [0.05, 0.1) is 0 Å². The van der Waals surface area contributed by atoms with Crippen LogP contribution in [0.4, 0.5) is 0 Å². The molecule has 0 rings (SSSR count). The molecule has 0 amide bonds. The van der Waals surface area contributed by atoms with Crippen molar-refractivity contribution in [1.82, 2.24) is 0 Å². The molecule has 0 unspecified atom stereocenters. The number of carbonyl (C=O) groups is 1. The molecule has 0 aromatic rings. The predicted molar refractivity (Wildman–Crippen MR) is 49.0 cm³/mol. The Balaban J connectivity index is 4.14. The molecule has 0 aliphatic carbocycles. The zero-order valence-electron chi connectivity index (χ0n) is 7.25. The van der Waals surface area contributed by atoms with Gasteiger partial charge in [-0.2, -0.15) is 0 Å². The van der Waals surface area contributed by atoms with Crippen LogP contribution in [0.15, 0.2) is 12.2 Å². The first-order chi connectivity index (χ1) is 5.61. The summed E-state index contributed by atoms with van der Waals surface area (Å²) >= 11 is 0.223.